The van der Waals surface area contributed by atoms with E-state index in [1.165, 1.54) is 11.8 Å². The maximum atomic E-state index is 12.7. The second kappa shape index (κ2) is 6.41. The molecule has 6 atom stereocenters. The second-order valence-corrected chi connectivity index (χ2v) is 7.18. The number of aryl methyl sites for hydroxylation is 1. The number of hydrogen-bond acceptors (Lipinski definition) is 5. The third kappa shape index (κ3) is 2.59. The quantitative estimate of drug-likeness (QED) is 0.748. The molecule has 0 radical (unpaired) electrons. The van der Waals surface area contributed by atoms with E-state index in [-0.39, 0.29) is 35.4 Å². The number of nitrogens with zero attached hydrogens (tertiary/aromatic N) is 2. The lowest BCUT2D eigenvalue weighted by molar-refractivity contribution is -0.0327. The van der Waals surface area contributed by atoms with Crippen molar-refractivity contribution in [3.8, 4) is 5.88 Å². The van der Waals surface area contributed by atoms with Crippen LogP contribution in [-0.4, -0.2) is 51.3 Å². The summed E-state index contributed by atoms with van der Waals surface area (Å²) in [6.07, 6.45) is -0.880. The summed E-state index contributed by atoms with van der Waals surface area (Å²) in [7, 11) is 3.23. The van der Waals surface area contributed by atoms with Crippen LogP contribution in [0.1, 0.15) is 28.4 Å². The number of aromatic nitrogens is 2. The fraction of sp³-hybridized carbons (Fsp3) is 0.474. The minimum atomic E-state index is -0.816. The topological polar surface area (TPSA) is 96.6 Å². The van der Waals surface area contributed by atoms with Crippen LogP contribution in [0.15, 0.2) is 36.4 Å². The van der Waals surface area contributed by atoms with Crippen LogP contribution in [0.5, 0.6) is 5.88 Å². The Morgan fingerprint density at radius 3 is 2.58 bits per heavy atom. The van der Waals surface area contributed by atoms with Crippen LogP contribution in [0, 0.1) is 11.8 Å². The summed E-state index contributed by atoms with van der Waals surface area (Å²) in [6, 6.07) is 11.2. The molecule has 7 heteroatoms. The van der Waals surface area contributed by atoms with E-state index >= 15 is 0 Å². The SMILES string of the molecule is COc1cc(C(=O)N[C@H]2[C@@H]3C[C@@H]([C@@H](O)[C@H]3O)[C@@H]2c2ccccc2)nn1C. The van der Waals surface area contributed by atoms with E-state index < -0.39 is 12.2 Å². The molecular weight excluding hydrogens is 334 g/mol. The van der Waals surface area contributed by atoms with Crippen LogP contribution in [0.4, 0.5) is 0 Å². The predicted octanol–water partition coefficient (Wildman–Crippen LogP) is 0.682. The van der Waals surface area contributed by atoms with E-state index in [0.717, 1.165) is 5.56 Å². The van der Waals surface area contributed by atoms with E-state index in [0.29, 0.717) is 12.3 Å². The van der Waals surface area contributed by atoms with E-state index in [2.05, 4.69) is 10.4 Å². The van der Waals surface area contributed by atoms with Crippen LogP contribution < -0.4 is 10.1 Å². The van der Waals surface area contributed by atoms with Gasteiger partial charge in [-0.3, -0.25) is 4.79 Å². The standard InChI is InChI=1S/C19H23N3O4/c1-22-14(26-2)9-13(21-22)19(25)20-16-12-8-11(17(23)18(12)24)15(16)10-6-4-3-5-7-10/h3-7,9,11-12,15-18,23-24H,8H2,1-2H3,(H,20,25)/t11-,12+,15+,16+,17-,18+/m1/s1. The summed E-state index contributed by atoms with van der Waals surface area (Å²) in [5, 5.41) is 28.0. The average molecular weight is 357 g/mol. The lowest BCUT2D eigenvalue weighted by atomic mass is 9.77. The van der Waals surface area contributed by atoms with E-state index in [1.807, 2.05) is 30.3 Å². The van der Waals surface area contributed by atoms with Gasteiger partial charge in [0.15, 0.2) is 5.69 Å². The predicted molar refractivity (Wildman–Crippen MR) is 93.8 cm³/mol. The zero-order chi connectivity index (χ0) is 18.4. The number of nitrogens with one attached hydrogen (secondary N) is 1. The van der Waals surface area contributed by atoms with Crippen LogP contribution in [0.3, 0.4) is 0 Å². The Kier molecular flexibility index (Phi) is 4.20. The van der Waals surface area contributed by atoms with Crippen molar-refractivity contribution in [2.24, 2.45) is 18.9 Å². The van der Waals surface area contributed by atoms with Gasteiger partial charge in [-0.2, -0.15) is 5.10 Å². The van der Waals surface area contributed by atoms with E-state index in [4.69, 9.17) is 4.74 Å². The molecule has 3 N–H and O–H groups in total. The van der Waals surface area contributed by atoms with Gasteiger partial charge in [0.05, 0.1) is 19.3 Å². The Balaban J connectivity index is 1.61. The fourth-order valence-electron chi connectivity index (χ4n) is 4.65. The highest BCUT2D eigenvalue weighted by Crippen LogP contribution is 2.53. The summed E-state index contributed by atoms with van der Waals surface area (Å²) in [5.41, 5.74) is 1.34. The molecule has 138 valence electrons. The van der Waals surface area contributed by atoms with Gasteiger partial charge in [0, 0.05) is 31.0 Å². The number of aliphatic hydroxyl groups is 2. The Labute approximate surface area is 151 Å². The maximum Gasteiger partial charge on any atom is 0.272 e. The van der Waals surface area contributed by atoms with Gasteiger partial charge in [0.1, 0.15) is 0 Å². The molecule has 2 saturated carbocycles. The number of rotatable bonds is 4. The first-order chi connectivity index (χ1) is 12.5. The molecule has 0 saturated heterocycles. The summed E-state index contributed by atoms with van der Waals surface area (Å²) in [5.74, 6) is -0.0767. The molecule has 2 fully saturated rings. The number of ether oxygens (including phenoxy) is 1. The van der Waals surface area contributed by atoms with Crippen LogP contribution in [0.25, 0.3) is 0 Å². The highest BCUT2D eigenvalue weighted by Gasteiger charge is 2.58. The summed E-state index contributed by atoms with van der Waals surface area (Å²) in [4.78, 5) is 12.7. The fourth-order valence-corrected chi connectivity index (χ4v) is 4.65. The second-order valence-electron chi connectivity index (χ2n) is 7.18. The van der Waals surface area contributed by atoms with Gasteiger partial charge in [-0.05, 0) is 17.9 Å². The number of methoxy groups -OCH3 is 1. The monoisotopic (exact) mass is 357 g/mol. The van der Waals surface area contributed by atoms with Crippen LogP contribution in [0.2, 0.25) is 0 Å². The zero-order valence-corrected chi connectivity index (χ0v) is 14.7. The lowest BCUT2D eigenvalue weighted by Crippen LogP contribution is -2.51. The van der Waals surface area contributed by atoms with E-state index in [9.17, 15) is 15.0 Å². The Morgan fingerprint density at radius 2 is 1.92 bits per heavy atom. The van der Waals surface area contributed by atoms with Crippen molar-refractivity contribution >= 4 is 5.91 Å². The third-order valence-electron chi connectivity index (χ3n) is 5.84. The van der Waals surface area contributed by atoms with Gasteiger partial charge >= 0.3 is 0 Å². The number of amides is 1. The molecule has 0 aliphatic heterocycles. The van der Waals surface area contributed by atoms with E-state index in [1.54, 1.807) is 13.1 Å². The van der Waals surface area contributed by atoms with Crippen molar-refractivity contribution in [1.29, 1.82) is 0 Å². The minimum absolute atomic E-state index is 0.0332. The van der Waals surface area contributed by atoms with Crippen molar-refractivity contribution < 1.29 is 19.7 Å². The number of hydrogen-bond donors (Lipinski definition) is 3. The van der Waals surface area contributed by atoms with Crippen molar-refractivity contribution in [2.75, 3.05) is 7.11 Å². The van der Waals surface area contributed by atoms with Crippen molar-refractivity contribution in [2.45, 2.75) is 30.6 Å². The zero-order valence-electron chi connectivity index (χ0n) is 14.7. The molecule has 2 bridgehead atoms. The smallest absolute Gasteiger partial charge is 0.272 e. The molecule has 0 spiro atoms. The lowest BCUT2D eigenvalue weighted by Gasteiger charge is -2.37. The Morgan fingerprint density at radius 1 is 1.23 bits per heavy atom. The molecule has 4 rings (SSSR count). The van der Waals surface area contributed by atoms with Crippen molar-refractivity contribution in [3.05, 3.63) is 47.7 Å². The van der Waals surface area contributed by atoms with Gasteiger partial charge in [-0.25, -0.2) is 4.68 Å². The van der Waals surface area contributed by atoms with Crippen molar-refractivity contribution in [3.63, 3.8) is 0 Å². The number of carbonyl (C=O) groups excluding carboxylic acids is 1. The molecule has 1 aromatic carbocycles. The Hall–Kier alpha value is -2.38. The highest BCUT2D eigenvalue weighted by molar-refractivity contribution is 5.93. The average Bonchev–Trinajstić information content (AvgIpc) is 3.29. The molecule has 1 amide bonds. The third-order valence-corrected chi connectivity index (χ3v) is 5.84. The number of benzene rings is 1. The summed E-state index contributed by atoms with van der Waals surface area (Å²) < 4.78 is 6.67. The normalized spacial score (nSPS) is 32.6. The van der Waals surface area contributed by atoms with Gasteiger partial charge in [0.2, 0.25) is 5.88 Å². The van der Waals surface area contributed by atoms with Gasteiger partial charge in [0.25, 0.3) is 5.91 Å². The Bertz CT molecular complexity index is 806. The van der Waals surface area contributed by atoms with Gasteiger partial charge in [-0.1, -0.05) is 30.3 Å². The van der Waals surface area contributed by atoms with Gasteiger partial charge < -0.3 is 20.3 Å². The molecule has 0 unspecified atom stereocenters. The van der Waals surface area contributed by atoms with Gasteiger partial charge in [-0.15, -0.1) is 0 Å². The highest BCUT2D eigenvalue weighted by atomic mass is 16.5. The number of fused-ring (bicyclic) bond motifs is 2. The largest absolute Gasteiger partial charge is 0.481 e. The number of carbonyl (C=O) groups is 1. The number of aliphatic hydroxyl groups excluding tert-OH is 2. The molecule has 26 heavy (non-hydrogen) atoms. The van der Waals surface area contributed by atoms with Crippen LogP contribution >= 0.6 is 0 Å². The first-order valence-electron chi connectivity index (χ1n) is 8.81. The molecule has 7 nitrogen and oxygen atoms in total. The first kappa shape index (κ1) is 17.1. The molecule has 2 aromatic rings. The minimum Gasteiger partial charge on any atom is -0.481 e. The van der Waals surface area contributed by atoms with Crippen LogP contribution in [-0.2, 0) is 7.05 Å². The maximum absolute atomic E-state index is 12.7. The molecular formula is C19H23N3O4. The molecule has 2 aliphatic rings. The van der Waals surface area contributed by atoms with Crippen molar-refractivity contribution in [1.82, 2.24) is 15.1 Å². The molecule has 2 aliphatic carbocycles. The summed E-state index contributed by atoms with van der Waals surface area (Å²) >= 11 is 0. The first-order valence-corrected chi connectivity index (χ1v) is 8.81. The molecule has 1 aromatic heterocycles. The molecule has 1 heterocycles. The summed E-state index contributed by atoms with van der Waals surface area (Å²) in [6.45, 7) is 0.